The fourth-order valence-corrected chi connectivity index (χ4v) is 3.63. The molecule has 0 spiro atoms. The summed E-state index contributed by atoms with van der Waals surface area (Å²) in [7, 11) is -3.88. The predicted octanol–water partition coefficient (Wildman–Crippen LogP) is 1.72. The van der Waals surface area contributed by atoms with Crippen molar-refractivity contribution in [1.82, 2.24) is 0 Å². The number of carbonyl (C=O) groups excluding carboxylic acids is 2. The second kappa shape index (κ2) is 7.52. The van der Waals surface area contributed by atoms with Gasteiger partial charge >= 0.3 is 0 Å². The van der Waals surface area contributed by atoms with Crippen molar-refractivity contribution in [2.75, 3.05) is 15.9 Å². The Balaban J connectivity index is 2.36. The third kappa shape index (κ3) is 4.37. The molecular formula is C17H18FN3O4S. The van der Waals surface area contributed by atoms with Gasteiger partial charge in [0.1, 0.15) is 11.9 Å². The SMILES string of the molecule is C[C@H](C(=O)Nc1ccccc1C(N)=O)N(c1cccc(F)c1)S(C)(=O)=O. The summed E-state index contributed by atoms with van der Waals surface area (Å²) in [6, 6.07) is 9.78. The van der Waals surface area contributed by atoms with E-state index in [-0.39, 0.29) is 16.9 Å². The van der Waals surface area contributed by atoms with Gasteiger partial charge in [0.2, 0.25) is 15.9 Å². The Kier molecular flexibility index (Phi) is 5.61. The van der Waals surface area contributed by atoms with E-state index in [1.54, 1.807) is 12.1 Å². The largest absolute Gasteiger partial charge is 0.366 e. The topological polar surface area (TPSA) is 110 Å². The lowest BCUT2D eigenvalue weighted by Crippen LogP contribution is -2.45. The van der Waals surface area contributed by atoms with E-state index in [9.17, 15) is 22.4 Å². The lowest BCUT2D eigenvalue weighted by molar-refractivity contribution is -0.116. The van der Waals surface area contributed by atoms with Crippen LogP contribution in [0, 0.1) is 5.82 Å². The second-order valence-corrected chi connectivity index (χ2v) is 7.47. The molecular weight excluding hydrogens is 361 g/mol. The van der Waals surface area contributed by atoms with Gasteiger partial charge in [0.15, 0.2) is 0 Å². The van der Waals surface area contributed by atoms with E-state index in [1.165, 1.54) is 31.2 Å². The molecule has 3 N–H and O–H groups in total. The Morgan fingerprint density at radius 1 is 1.15 bits per heavy atom. The summed E-state index contributed by atoms with van der Waals surface area (Å²) >= 11 is 0. The molecule has 138 valence electrons. The number of halogens is 1. The molecule has 0 aromatic heterocycles. The van der Waals surface area contributed by atoms with E-state index in [2.05, 4.69) is 5.32 Å². The van der Waals surface area contributed by atoms with Crippen molar-refractivity contribution in [3.05, 3.63) is 59.9 Å². The van der Waals surface area contributed by atoms with E-state index in [0.29, 0.717) is 0 Å². The summed E-state index contributed by atoms with van der Waals surface area (Å²) in [5, 5.41) is 2.49. The standard InChI is InChI=1S/C17H18FN3O4S/c1-11(17(23)20-15-9-4-3-8-14(15)16(19)22)21(26(2,24)25)13-7-5-6-12(18)10-13/h3-11H,1-2H3,(H2,19,22)(H,20,23)/t11-/m1/s1. The quantitative estimate of drug-likeness (QED) is 0.796. The number of para-hydroxylation sites is 1. The Bertz CT molecular complexity index is 947. The molecule has 0 saturated carbocycles. The smallest absolute Gasteiger partial charge is 0.250 e. The summed E-state index contributed by atoms with van der Waals surface area (Å²) in [4.78, 5) is 24.0. The van der Waals surface area contributed by atoms with E-state index >= 15 is 0 Å². The molecule has 0 radical (unpaired) electrons. The van der Waals surface area contributed by atoms with Crippen LogP contribution in [0.15, 0.2) is 48.5 Å². The molecule has 0 aliphatic carbocycles. The molecule has 0 aliphatic heterocycles. The normalized spacial score (nSPS) is 12.3. The van der Waals surface area contributed by atoms with E-state index in [1.807, 2.05) is 0 Å². The van der Waals surface area contributed by atoms with Gasteiger partial charge in [-0.2, -0.15) is 0 Å². The fraction of sp³-hybridized carbons (Fsp3) is 0.176. The number of primary amides is 1. The molecule has 9 heteroatoms. The zero-order chi connectivity index (χ0) is 19.5. The van der Waals surface area contributed by atoms with Crippen molar-refractivity contribution in [2.45, 2.75) is 13.0 Å². The van der Waals surface area contributed by atoms with Gasteiger partial charge in [-0.15, -0.1) is 0 Å². The van der Waals surface area contributed by atoms with E-state index in [4.69, 9.17) is 5.73 Å². The number of anilines is 2. The molecule has 7 nitrogen and oxygen atoms in total. The lowest BCUT2D eigenvalue weighted by Gasteiger charge is -2.28. The Morgan fingerprint density at radius 3 is 2.38 bits per heavy atom. The average Bonchev–Trinajstić information content (AvgIpc) is 2.54. The monoisotopic (exact) mass is 379 g/mol. The summed E-state index contributed by atoms with van der Waals surface area (Å²) in [6.07, 6.45) is 0.916. The molecule has 2 amide bonds. The van der Waals surface area contributed by atoms with Crippen LogP contribution in [0.3, 0.4) is 0 Å². The van der Waals surface area contributed by atoms with Crippen molar-refractivity contribution in [2.24, 2.45) is 5.73 Å². The zero-order valence-corrected chi connectivity index (χ0v) is 15.0. The maximum Gasteiger partial charge on any atom is 0.250 e. The highest BCUT2D eigenvalue weighted by molar-refractivity contribution is 7.92. The molecule has 0 heterocycles. The molecule has 2 aromatic carbocycles. The molecule has 2 rings (SSSR count). The van der Waals surface area contributed by atoms with Crippen molar-refractivity contribution in [1.29, 1.82) is 0 Å². The van der Waals surface area contributed by atoms with Gasteiger partial charge in [0, 0.05) is 0 Å². The minimum absolute atomic E-state index is 0.0123. The number of nitrogens with zero attached hydrogens (tertiary/aromatic N) is 1. The van der Waals surface area contributed by atoms with Gasteiger partial charge in [-0.1, -0.05) is 18.2 Å². The van der Waals surface area contributed by atoms with Gasteiger partial charge in [-0.05, 0) is 37.3 Å². The van der Waals surface area contributed by atoms with Gasteiger partial charge in [0.25, 0.3) is 5.91 Å². The van der Waals surface area contributed by atoms with Crippen LogP contribution in [-0.2, 0) is 14.8 Å². The first kappa shape index (κ1) is 19.4. The Labute approximate surface area is 150 Å². The van der Waals surface area contributed by atoms with Crippen LogP contribution in [0.4, 0.5) is 15.8 Å². The van der Waals surface area contributed by atoms with Crippen molar-refractivity contribution < 1.29 is 22.4 Å². The van der Waals surface area contributed by atoms with Crippen LogP contribution in [-0.4, -0.2) is 32.5 Å². The number of hydrogen-bond acceptors (Lipinski definition) is 4. The van der Waals surface area contributed by atoms with Crippen LogP contribution in [0.1, 0.15) is 17.3 Å². The summed E-state index contributed by atoms with van der Waals surface area (Å²) in [6.45, 7) is 1.36. The van der Waals surface area contributed by atoms with Crippen molar-refractivity contribution in [3.63, 3.8) is 0 Å². The molecule has 0 aliphatic rings. The van der Waals surface area contributed by atoms with Crippen LogP contribution in [0.2, 0.25) is 0 Å². The van der Waals surface area contributed by atoms with Gasteiger partial charge in [0.05, 0.1) is 23.2 Å². The fourth-order valence-electron chi connectivity index (χ4n) is 2.47. The molecule has 0 bridgehead atoms. The zero-order valence-electron chi connectivity index (χ0n) is 14.1. The summed E-state index contributed by atoms with van der Waals surface area (Å²) in [5.41, 5.74) is 5.52. The minimum atomic E-state index is -3.88. The molecule has 1 atom stereocenters. The van der Waals surface area contributed by atoms with Crippen LogP contribution < -0.4 is 15.4 Å². The van der Waals surface area contributed by atoms with Gasteiger partial charge < -0.3 is 11.1 Å². The second-order valence-electron chi connectivity index (χ2n) is 5.61. The molecule has 26 heavy (non-hydrogen) atoms. The number of amides is 2. The predicted molar refractivity (Wildman–Crippen MR) is 96.8 cm³/mol. The lowest BCUT2D eigenvalue weighted by atomic mass is 10.1. The number of hydrogen-bond donors (Lipinski definition) is 2. The first-order chi connectivity index (χ1) is 12.1. The minimum Gasteiger partial charge on any atom is -0.366 e. The maximum absolute atomic E-state index is 13.5. The van der Waals surface area contributed by atoms with Crippen LogP contribution in [0.5, 0.6) is 0 Å². The van der Waals surface area contributed by atoms with Crippen LogP contribution in [0.25, 0.3) is 0 Å². The number of sulfonamides is 1. The molecule has 0 fully saturated rings. The van der Waals surface area contributed by atoms with Crippen molar-refractivity contribution >= 4 is 33.2 Å². The van der Waals surface area contributed by atoms with Gasteiger partial charge in [-0.3, -0.25) is 13.9 Å². The Morgan fingerprint density at radius 2 is 1.81 bits per heavy atom. The third-order valence-corrected chi connectivity index (χ3v) is 4.84. The average molecular weight is 379 g/mol. The Hall–Kier alpha value is -2.94. The highest BCUT2D eigenvalue weighted by atomic mass is 32.2. The molecule has 0 saturated heterocycles. The number of nitrogens with one attached hydrogen (secondary N) is 1. The van der Waals surface area contributed by atoms with Gasteiger partial charge in [-0.25, -0.2) is 12.8 Å². The number of rotatable bonds is 6. The summed E-state index contributed by atoms with van der Waals surface area (Å²) in [5.74, 6) is -2.07. The third-order valence-electron chi connectivity index (χ3n) is 3.60. The summed E-state index contributed by atoms with van der Waals surface area (Å²) < 4.78 is 38.6. The molecule has 0 unspecified atom stereocenters. The molecule has 2 aromatic rings. The van der Waals surface area contributed by atoms with E-state index < -0.39 is 33.7 Å². The highest BCUT2D eigenvalue weighted by Crippen LogP contribution is 2.23. The number of nitrogens with two attached hydrogens (primary N) is 1. The maximum atomic E-state index is 13.5. The highest BCUT2D eigenvalue weighted by Gasteiger charge is 2.29. The van der Waals surface area contributed by atoms with E-state index in [0.717, 1.165) is 22.7 Å². The number of benzene rings is 2. The first-order valence-corrected chi connectivity index (χ1v) is 9.40. The first-order valence-electron chi connectivity index (χ1n) is 7.56. The number of carbonyl (C=O) groups is 2. The van der Waals surface area contributed by atoms with Crippen molar-refractivity contribution in [3.8, 4) is 0 Å². The van der Waals surface area contributed by atoms with Crippen LogP contribution >= 0.6 is 0 Å².